The summed E-state index contributed by atoms with van der Waals surface area (Å²) >= 11 is 5.79. The fraction of sp³-hybridized carbons (Fsp3) is 0.407. The standard InChI is InChI=1S/C27H33N5OS/c1-18(2)31-26(25(29-27(31)34)24-7-5-6-12-28-24)23-17-19(3)32(20(23)4)22-10-8-21(9-11-22)30-13-15-33-16-14-30/h5-12,17-18,25-26H,13-16H2,1-4H3,(H,29,34). The number of hydrogen-bond donors (Lipinski definition) is 1. The largest absolute Gasteiger partial charge is 0.378 e. The van der Waals surface area contributed by atoms with Crippen LogP contribution in [0.15, 0.2) is 54.7 Å². The molecule has 2 atom stereocenters. The highest BCUT2D eigenvalue weighted by atomic mass is 32.1. The number of nitrogens with zero attached hydrogens (tertiary/aromatic N) is 4. The Morgan fingerprint density at radius 3 is 2.38 bits per heavy atom. The number of nitrogens with one attached hydrogen (secondary N) is 1. The van der Waals surface area contributed by atoms with Crippen molar-refractivity contribution in [2.24, 2.45) is 0 Å². The van der Waals surface area contributed by atoms with Gasteiger partial charge in [-0.15, -0.1) is 0 Å². The minimum Gasteiger partial charge on any atom is -0.378 e. The maximum Gasteiger partial charge on any atom is 0.170 e. The van der Waals surface area contributed by atoms with Crippen molar-refractivity contribution in [1.82, 2.24) is 19.8 Å². The van der Waals surface area contributed by atoms with Crippen LogP contribution in [0.25, 0.3) is 5.69 Å². The zero-order valence-corrected chi connectivity index (χ0v) is 21.2. The SMILES string of the molecule is Cc1cc(C2C(c3ccccn3)NC(=S)N2C(C)C)c(C)n1-c1ccc(N2CCOCC2)cc1. The fourth-order valence-electron chi connectivity index (χ4n) is 5.37. The van der Waals surface area contributed by atoms with Gasteiger partial charge in [0.05, 0.1) is 31.0 Å². The Bertz CT molecular complexity index is 1150. The third-order valence-corrected chi connectivity index (χ3v) is 7.29. The van der Waals surface area contributed by atoms with Crippen LogP contribution in [0.5, 0.6) is 0 Å². The first kappa shape index (κ1) is 22.9. The maximum absolute atomic E-state index is 5.79. The van der Waals surface area contributed by atoms with Crippen LogP contribution in [0, 0.1) is 13.8 Å². The second kappa shape index (κ2) is 9.39. The molecule has 178 valence electrons. The molecule has 2 aliphatic rings. The van der Waals surface area contributed by atoms with Crippen molar-refractivity contribution in [1.29, 1.82) is 0 Å². The fourth-order valence-corrected chi connectivity index (χ4v) is 5.82. The van der Waals surface area contributed by atoms with Crippen LogP contribution in [-0.2, 0) is 4.74 Å². The summed E-state index contributed by atoms with van der Waals surface area (Å²) in [5, 5.41) is 4.35. The smallest absolute Gasteiger partial charge is 0.170 e. The minimum atomic E-state index is 0.00810. The molecule has 6 nitrogen and oxygen atoms in total. The van der Waals surface area contributed by atoms with E-state index >= 15 is 0 Å². The number of rotatable bonds is 5. The monoisotopic (exact) mass is 475 g/mol. The van der Waals surface area contributed by atoms with Crippen LogP contribution in [0.1, 0.15) is 48.6 Å². The molecule has 2 aliphatic heterocycles. The molecule has 34 heavy (non-hydrogen) atoms. The number of morpholine rings is 1. The third kappa shape index (κ3) is 4.07. The van der Waals surface area contributed by atoms with Gasteiger partial charge in [0.1, 0.15) is 0 Å². The lowest BCUT2D eigenvalue weighted by Crippen LogP contribution is -2.36. The van der Waals surface area contributed by atoms with Gasteiger partial charge < -0.3 is 24.4 Å². The lowest BCUT2D eigenvalue weighted by molar-refractivity contribution is 0.122. The molecule has 0 saturated carbocycles. The summed E-state index contributed by atoms with van der Waals surface area (Å²) in [6, 6.07) is 17.7. The molecule has 1 N–H and O–H groups in total. The minimum absolute atomic E-state index is 0.00810. The molecule has 0 radical (unpaired) electrons. The number of hydrogen-bond acceptors (Lipinski definition) is 4. The molecule has 4 heterocycles. The molecule has 7 heteroatoms. The molecule has 5 rings (SSSR count). The van der Waals surface area contributed by atoms with E-state index < -0.39 is 0 Å². The van der Waals surface area contributed by atoms with Gasteiger partial charge in [-0.3, -0.25) is 4.98 Å². The van der Waals surface area contributed by atoms with Crippen molar-refractivity contribution in [2.45, 2.75) is 45.8 Å². The number of thiocarbonyl (C=S) groups is 1. The quantitative estimate of drug-likeness (QED) is 0.540. The van der Waals surface area contributed by atoms with Gasteiger partial charge >= 0.3 is 0 Å². The Labute approximate surface area is 207 Å². The molecule has 3 aromatic rings. The Hall–Kier alpha value is -2.90. The maximum atomic E-state index is 5.79. The average molecular weight is 476 g/mol. The highest BCUT2D eigenvalue weighted by molar-refractivity contribution is 7.80. The molecule has 2 aromatic heterocycles. The van der Waals surface area contributed by atoms with Crippen LogP contribution in [0.4, 0.5) is 5.69 Å². The number of ether oxygens (including phenoxy) is 1. The van der Waals surface area contributed by atoms with Crippen LogP contribution in [0.2, 0.25) is 0 Å². The van der Waals surface area contributed by atoms with Crippen LogP contribution >= 0.6 is 12.2 Å². The van der Waals surface area contributed by atoms with Gasteiger partial charge in [0, 0.05) is 48.1 Å². The van der Waals surface area contributed by atoms with Gasteiger partial charge in [0.25, 0.3) is 0 Å². The lowest BCUT2D eigenvalue weighted by atomic mass is 9.96. The lowest BCUT2D eigenvalue weighted by Gasteiger charge is -2.31. The second-order valence-corrected chi connectivity index (χ2v) is 9.79. The highest BCUT2D eigenvalue weighted by Crippen LogP contribution is 2.42. The van der Waals surface area contributed by atoms with Gasteiger partial charge in [-0.25, -0.2) is 0 Å². The van der Waals surface area contributed by atoms with E-state index in [0.717, 1.165) is 37.1 Å². The van der Waals surface area contributed by atoms with E-state index in [4.69, 9.17) is 17.0 Å². The van der Waals surface area contributed by atoms with Crippen molar-refractivity contribution < 1.29 is 4.74 Å². The average Bonchev–Trinajstić information content (AvgIpc) is 3.35. The summed E-state index contributed by atoms with van der Waals surface area (Å²) in [5.74, 6) is 0. The Morgan fingerprint density at radius 1 is 1.03 bits per heavy atom. The topological polar surface area (TPSA) is 45.6 Å². The van der Waals surface area contributed by atoms with E-state index in [1.54, 1.807) is 0 Å². The third-order valence-electron chi connectivity index (χ3n) is 6.96. The first-order valence-electron chi connectivity index (χ1n) is 12.1. The first-order valence-corrected chi connectivity index (χ1v) is 12.5. The van der Waals surface area contributed by atoms with E-state index in [1.165, 1.54) is 28.3 Å². The highest BCUT2D eigenvalue weighted by Gasteiger charge is 2.42. The summed E-state index contributed by atoms with van der Waals surface area (Å²) in [6.45, 7) is 12.3. The summed E-state index contributed by atoms with van der Waals surface area (Å²) in [4.78, 5) is 9.37. The summed E-state index contributed by atoms with van der Waals surface area (Å²) in [6.07, 6.45) is 1.86. The van der Waals surface area contributed by atoms with E-state index in [2.05, 4.69) is 88.8 Å². The molecule has 1 aromatic carbocycles. The molecule has 2 saturated heterocycles. The van der Waals surface area contributed by atoms with Gasteiger partial charge in [-0.1, -0.05) is 6.07 Å². The first-order chi connectivity index (χ1) is 16.5. The van der Waals surface area contributed by atoms with Crippen molar-refractivity contribution >= 4 is 23.0 Å². The number of benzene rings is 1. The van der Waals surface area contributed by atoms with Crippen molar-refractivity contribution in [3.8, 4) is 5.69 Å². The Balaban J connectivity index is 1.52. The van der Waals surface area contributed by atoms with E-state index in [1.807, 2.05) is 18.3 Å². The Kier molecular flexibility index (Phi) is 6.32. The normalized spacial score (nSPS) is 20.8. The molecular weight excluding hydrogens is 442 g/mol. The summed E-state index contributed by atoms with van der Waals surface area (Å²) < 4.78 is 7.86. The van der Waals surface area contributed by atoms with E-state index in [9.17, 15) is 0 Å². The molecule has 0 bridgehead atoms. The van der Waals surface area contributed by atoms with Crippen LogP contribution in [0.3, 0.4) is 0 Å². The van der Waals surface area contributed by atoms with Crippen molar-refractivity contribution in [3.63, 3.8) is 0 Å². The molecule has 0 spiro atoms. The molecule has 0 aliphatic carbocycles. The number of aromatic nitrogens is 2. The molecule has 2 unspecified atom stereocenters. The van der Waals surface area contributed by atoms with Gasteiger partial charge in [0.2, 0.25) is 0 Å². The number of pyridine rings is 1. The van der Waals surface area contributed by atoms with Crippen molar-refractivity contribution in [3.05, 3.63) is 77.4 Å². The zero-order valence-electron chi connectivity index (χ0n) is 20.4. The molecule has 0 amide bonds. The number of anilines is 1. The van der Waals surface area contributed by atoms with Crippen LogP contribution in [-0.4, -0.2) is 51.9 Å². The van der Waals surface area contributed by atoms with Crippen molar-refractivity contribution in [2.75, 3.05) is 31.2 Å². The summed E-state index contributed by atoms with van der Waals surface area (Å²) in [7, 11) is 0. The molecule has 2 fully saturated rings. The predicted molar refractivity (Wildman–Crippen MR) is 141 cm³/mol. The van der Waals surface area contributed by atoms with E-state index in [0.29, 0.717) is 0 Å². The number of aryl methyl sites for hydroxylation is 1. The second-order valence-electron chi connectivity index (χ2n) is 9.41. The van der Waals surface area contributed by atoms with Gasteiger partial charge in [0.15, 0.2) is 5.11 Å². The Morgan fingerprint density at radius 2 is 1.74 bits per heavy atom. The van der Waals surface area contributed by atoms with Gasteiger partial charge in [-0.2, -0.15) is 0 Å². The van der Waals surface area contributed by atoms with Crippen LogP contribution < -0.4 is 10.2 Å². The van der Waals surface area contributed by atoms with E-state index in [-0.39, 0.29) is 18.1 Å². The zero-order chi connectivity index (χ0) is 23.8. The molecular formula is C27H33N5OS. The summed E-state index contributed by atoms with van der Waals surface area (Å²) in [5.41, 5.74) is 7.18. The predicted octanol–water partition coefficient (Wildman–Crippen LogP) is 4.71. The van der Waals surface area contributed by atoms with Gasteiger partial charge in [-0.05, 0) is 87.9 Å².